The van der Waals surface area contributed by atoms with Gasteiger partial charge in [0.1, 0.15) is 5.60 Å². The molecule has 1 unspecified atom stereocenters. The minimum absolute atomic E-state index is 0. The van der Waals surface area contributed by atoms with Crippen LogP contribution in [-0.2, 0) is 17.8 Å². The molecule has 3 rings (SSSR count). The van der Waals surface area contributed by atoms with Crippen molar-refractivity contribution in [2.75, 3.05) is 33.7 Å². The Balaban J connectivity index is 0.00000363. The number of nitrogens with zero attached hydrogens (tertiary/aromatic N) is 3. The van der Waals surface area contributed by atoms with Crippen LogP contribution in [0.2, 0.25) is 0 Å². The molecule has 8 heteroatoms. The fourth-order valence-corrected chi connectivity index (χ4v) is 3.89. The molecule has 1 heterocycles. The van der Waals surface area contributed by atoms with Gasteiger partial charge in [-0.25, -0.2) is 4.79 Å². The van der Waals surface area contributed by atoms with E-state index in [-0.39, 0.29) is 30.1 Å². The molecule has 1 aromatic carbocycles. The van der Waals surface area contributed by atoms with E-state index in [1.165, 1.54) is 37.9 Å². The molecule has 2 N–H and O–H groups in total. The maximum Gasteiger partial charge on any atom is 0.410 e. The molecule has 1 aliphatic carbocycles. The average molecular weight is 558 g/mol. The lowest BCUT2D eigenvalue weighted by Crippen LogP contribution is -2.40. The van der Waals surface area contributed by atoms with E-state index in [1.807, 2.05) is 27.8 Å². The van der Waals surface area contributed by atoms with E-state index in [2.05, 4.69) is 44.8 Å². The first kappa shape index (κ1) is 26.7. The molecule has 0 radical (unpaired) electrons. The highest BCUT2D eigenvalue weighted by Gasteiger charge is 2.34. The van der Waals surface area contributed by atoms with E-state index in [4.69, 9.17) is 4.74 Å². The molecule has 1 saturated carbocycles. The largest absolute Gasteiger partial charge is 0.444 e. The van der Waals surface area contributed by atoms with Gasteiger partial charge in [0, 0.05) is 46.3 Å². The predicted molar refractivity (Wildman–Crippen MR) is 140 cm³/mol. The zero-order valence-electron chi connectivity index (χ0n) is 20.2. The standard InChI is InChI=1S/C24H39N5O2.HI/c1-24(2,3)31-23(30)28(5)16-19-8-6-18(7-9-19)14-26-22(25-4)27-15-20-12-13-29(17-20)21-10-11-21;/h6-9,20-21H,10-17H2,1-5H3,(H2,25,26,27);1H. The van der Waals surface area contributed by atoms with E-state index in [0.717, 1.165) is 24.1 Å². The summed E-state index contributed by atoms with van der Waals surface area (Å²) in [6, 6.07) is 9.15. The van der Waals surface area contributed by atoms with Crippen LogP contribution in [0.15, 0.2) is 29.3 Å². The number of hydrogen-bond acceptors (Lipinski definition) is 4. The highest BCUT2D eigenvalue weighted by molar-refractivity contribution is 14.0. The summed E-state index contributed by atoms with van der Waals surface area (Å²) >= 11 is 0. The predicted octanol–water partition coefficient (Wildman–Crippen LogP) is 3.82. The van der Waals surface area contributed by atoms with Crippen molar-refractivity contribution in [3.63, 3.8) is 0 Å². The molecule has 0 spiro atoms. The molecule has 1 saturated heterocycles. The van der Waals surface area contributed by atoms with Gasteiger partial charge < -0.3 is 25.2 Å². The zero-order chi connectivity index (χ0) is 22.4. The van der Waals surface area contributed by atoms with Crippen molar-refractivity contribution >= 4 is 36.0 Å². The summed E-state index contributed by atoms with van der Waals surface area (Å²) in [6.07, 6.45) is 3.74. The first-order valence-corrected chi connectivity index (χ1v) is 11.4. The fourth-order valence-electron chi connectivity index (χ4n) is 3.89. The molecule has 1 aliphatic heterocycles. The Labute approximate surface area is 210 Å². The summed E-state index contributed by atoms with van der Waals surface area (Å²) in [6.45, 7) is 10.3. The number of aliphatic imine (C=N–C) groups is 1. The van der Waals surface area contributed by atoms with E-state index in [1.54, 1.807) is 11.9 Å². The number of halogens is 1. The SMILES string of the molecule is CN=C(NCc1ccc(CN(C)C(=O)OC(C)(C)C)cc1)NCC1CCN(C2CC2)C1.I. The average Bonchev–Trinajstić information content (AvgIpc) is 3.46. The summed E-state index contributed by atoms with van der Waals surface area (Å²) < 4.78 is 5.41. The third kappa shape index (κ3) is 8.77. The smallest absolute Gasteiger partial charge is 0.410 e. The van der Waals surface area contributed by atoms with Gasteiger partial charge in [-0.2, -0.15) is 0 Å². The number of amides is 1. The zero-order valence-corrected chi connectivity index (χ0v) is 22.5. The van der Waals surface area contributed by atoms with Crippen molar-refractivity contribution in [1.82, 2.24) is 20.4 Å². The number of rotatable bonds is 7. The Morgan fingerprint density at radius 1 is 1.16 bits per heavy atom. The van der Waals surface area contributed by atoms with Gasteiger partial charge in [-0.3, -0.25) is 4.99 Å². The molecule has 1 atom stereocenters. The Kier molecular flexibility index (Phi) is 10.1. The van der Waals surface area contributed by atoms with E-state index < -0.39 is 5.60 Å². The van der Waals surface area contributed by atoms with Crippen molar-refractivity contribution in [1.29, 1.82) is 0 Å². The van der Waals surface area contributed by atoms with Crippen LogP contribution in [0.1, 0.15) is 51.2 Å². The van der Waals surface area contributed by atoms with Gasteiger partial charge in [0.25, 0.3) is 0 Å². The van der Waals surface area contributed by atoms with Gasteiger partial charge in [-0.05, 0) is 63.6 Å². The fraction of sp³-hybridized carbons (Fsp3) is 0.667. The number of carbonyl (C=O) groups is 1. The van der Waals surface area contributed by atoms with E-state index >= 15 is 0 Å². The molecular formula is C24H40IN5O2. The molecule has 0 aromatic heterocycles. The number of ether oxygens (including phenoxy) is 1. The van der Waals surface area contributed by atoms with Gasteiger partial charge in [-0.1, -0.05) is 24.3 Å². The lowest BCUT2D eigenvalue weighted by Gasteiger charge is -2.24. The molecule has 1 aromatic rings. The van der Waals surface area contributed by atoms with Gasteiger partial charge in [0.2, 0.25) is 0 Å². The summed E-state index contributed by atoms with van der Waals surface area (Å²) in [5.74, 6) is 1.55. The van der Waals surface area contributed by atoms with Crippen molar-refractivity contribution in [3.05, 3.63) is 35.4 Å². The van der Waals surface area contributed by atoms with Crippen LogP contribution in [0.4, 0.5) is 4.79 Å². The molecular weight excluding hydrogens is 517 g/mol. The topological polar surface area (TPSA) is 69.2 Å². The summed E-state index contributed by atoms with van der Waals surface area (Å²) in [5, 5.41) is 6.89. The minimum atomic E-state index is -0.484. The molecule has 7 nitrogen and oxygen atoms in total. The molecule has 32 heavy (non-hydrogen) atoms. The highest BCUT2D eigenvalue weighted by Crippen LogP contribution is 2.31. The Bertz CT molecular complexity index is 759. The second kappa shape index (κ2) is 12.1. The van der Waals surface area contributed by atoms with Crippen molar-refractivity contribution < 1.29 is 9.53 Å². The van der Waals surface area contributed by atoms with Crippen molar-refractivity contribution in [2.45, 2.75) is 64.8 Å². The number of likely N-dealkylation sites (tertiary alicyclic amines) is 1. The maximum atomic E-state index is 12.1. The first-order chi connectivity index (χ1) is 14.7. The van der Waals surface area contributed by atoms with Crippen LogP contribution in [0, 0.1) is 5.92 Å². The third-order valence-electron chi connectivity index (χ3n) is 5.77. The second-order valence-corrected chi connectivity index (χ2v) is 9.84. The van der Waals surface area contributed by atoms with Crippen LogP contribution in [0.25, 0.3) is 0 Å². The van der Waals surface area contributed by atoms with Gasteiger partial charge in [-0.15, -0.1) is 24.0 Å². The second-order valence-electron chi connectivity index (χ2n) is 9.84. The number of benzene rings is 1. The quantitative estimate of drug-likeness (QED) is 0.303. The normalized spacial score (nSPS) is 19.3. The summed E-state index contributed by atoms with van der Waals surface area (Å²) in [4.78, 5) is 20.7. The summed E-state index contributed by atoms with van der Waals surface area (Å²) in [7, 11) is 3.57. The third-order valence-corrected chi connectivity index (χ3v) is 5.77. The molecule has 0 bridgehead atoms. The molecule has 1 amide bonds. The monoisotopic (exact) mass is 557 g/mol. The maximum absolute atomic E-state index is 12.1. The van der Waals surface area contributed by atoms with Crippen LogP contribution < -0.4 is 10.6 Å². The first-order valence-electron chi connectivity index (χ1n) is 11.4. The van der Waals surface area contributed by atoms with E-state index in [0.29, 0.717) is 19.0 Å². The van der Waals surface area contributed by atoms with E-state index in [9.17, 15) is 4.79 Å². The number of guanidine groups is 1. The Morgan fingerprint density at radius 3 is 2.41 bits per heavy atom. The lowest BCUT2D eigenvalue weighted by molar-refractivity contribution is 0.0285. The van der Waals surface area contributed by atoms with Crippen LogP contribution in [0.5, 0.6) is 0 Å². The number of hydrogen-bond donors (Lipinski definition) is 2. The van der Waals surface area contributed by atoms with Crippen molar-refractivity contribution in [3.8, 4) is 0 Å². The molecule has 180 valence electrons. The summed E-state index contributed by atoms with van der Waals surface area (Å²) in [5.41, 5.74) is 1.76. The Morgan fingerprint density at radius 2 is 1.81 bits per heavy atom. The number of carbonyl (C=O) groups excluding carboxylic acids is 1. The minimum Gasteiger partial charge on any atom is -0.444 e. The van der Waals surface area contributed by atoms with Crippen molar-refractivity contribution in [2.24, 2.45) is 10.9 Å². The van der Waals surface area contributed by atoms with Crippen LogP contribution >= 0.6 is 24.0 Å². The van der Waals surface area contributed by atoms with Gasteiger partial charge >= 0.3 is 6.09 Å². The molecule has 2 fully saturated rings. The van der Waals surface area contributed by atoms with Gasteiger partial charge in [0.15, 0.2) is 5.96 Å². The van der Waals surface area contributed by atoms with Crippen LogP contribution in [0.3, 0.4) is 0 Å². The highest BCUT2D eigenvalue weighted by atomic mass is 127. The van der Waals surface area contributed by atoms with Gasteiger partial charge in [0.05, 0.1) is 0 Å². The lowest BCUT2D eigenvalue weighted by atomic mass is 10.1. The molecule has 2 aliphatic rings. The van der Waals surface area contributed by atoms with Crippen LogP contribution in [-0.4, -0.2) is 67.2 Å². The Hall–Kier alpha value is -1.55. The number of nitrogens with one attached hydrogen (secondary N) is 2.